The molecular weight excluding hydrogens is 296 g/mol. The van der Waals surface area contributed by atoms with Crippen molar-refractivity contribution in [3.8, 4) is 0 Å². The molecule has 2 aliphatic heterocycles. The van der Waals surface area contributed by atoms with Crippen molar-refractivity contribution in [1.29, 1.82) is 0 Å². The predicted molar refractivity (Wildman–Crippen MR) is 88.5 cm³/mol. The largest absolute Gasteiger partial charge is 0.344 e. The Morgan fingerprint density at radius 1 is 1.23 bits per heavy atom. The Labute approximate surface area is 135 Å². The van der Waals surface area contributed by atoms with Crippen molar-refractivity contribution >= 4 is 22.4 Å². The zero-order valence-corrected chi connectivity index (χ0v) is 13.8. The van der Waals surface area contributed by atoms with Gasteiger partial charge in [0.05, 0.1) is 12.6 Å². The number of aromatic nitrogens is 1. The van der Waals surface area contributed by atoms with Crippen molar-refractivity contribution in [2.45, 2.75) is 44.1 Å². The number of anilines is 1. The van der Waals surface area contributed by atoms with Gasteiger partial charge in [0.15, 0.2) is 5.13 Å². The maximum Gasteiger partial charge on any atom is 0.236 e. The first-order valence-corrected chi connectivity index (χ1v) is 9.34. The number of rotatable bonds is 2. The Balaban J connectivity index is 1.44. The molecule has 5 nitrogen and oxygen atoms in total. The van der Waals surface area contributed by atoms with Crippen molar-refractivity contribution in [3.63, 3.8) is 0 Å². The van der Waals surface area contributed by atoms with E-state index in [9.17, 15) is 4.79 Å². The van der Waals surface area contributed by atoms with Crippen LogP contribution in [0, 0.1) is 0 Å². The number of piperazine rings is 2. The number of hydrogen-bond acceptors (Lipinski definition) is 5. The Hall–Kier alpha value is -1.14. The van der Waals surface area contributed by atoms with Crippen LogP contribution in [0.5, 0.6) is 0 Å². The molecule has 0 aromatic carbocycles. The monoisotopic (exact) mass is 320 g/mol. The Morgan fingerprint density at radius 3 is 2.95 bits per heavy atom. The van der Waals surface area contributed by atoms with E-state index < -0.39 is 0 Å². The fraction of sp³-hybridized carbons (Fsp3) is 0.750. The van der Waals surface area contributed by atoms with E-state index in [-0.39, 0.29) is 5.91 Å². The van der Waals surface area contributed by atoms with Crippen molar-refractivity contribution in [2.75, 3.05) is 37.6 Å². The zero-order chi connectivity index (χ0) is 14.9. The third kappa shape index (κ3) is 2.74. The highest BCUT2D eigenvalue weighted by molar-refractivity contribution is 7.15. The van der Waals surface area contributed by atoms with Gasteiger partial charge in [-0.25, -0.2) is 4.98 Å². The van der Waals surface area contributed by atoms with E-state index in [1.807, 2.05) is 16.2 Å². The number of fused-ring (bicyclic) bond motifs is 1. The van der Waals surface area contributed by atoms with Gasteiger partial charge >= 0.3 is 0 Å². The number of nitrogens with zero attached hydrogens (tertiary/aromatic N) is 3. The number of hydrogen-bond donors (Lipinski definition) is 1. The minimum atomic E-state index is 0.248. The molecule has 0 spiro atoms. The average Bonchev–Trinajstić information content (AvgIpc) is 3.06. The fourth-order valence-electron chi connectivity index (χ4n) is 3.98. The van der Waals surface area contributed by atoms with Crippen LogP contribution in [0.4, 0.5) is 5.13 Å². The van der Waals surface area contributed by atoms with Crippen molar-refractivity contribution in [1.82, 2.24) is 15.2 Å². The van der Waals surface area contributed by atoms with Crippen LogP contribution in [0.2, 0.25) is 0 Å². The van der Waals surface area contributed by atoms with E-state index in [4.69, 9.17) is 4.98 Å². The Morgan fingerprint density at radius 2 is 2.09 bits per heavy atom. The van der Waals surface area contributed by atoms with E-state index >= 15 is 0 Å². The lowest BCUT2D eigenvalue weighted by Gasteiger charge is -2.44. The quantitative estimate of drug-likeness (QED) is 0.903. The van der Waals surface area contributed by atoms with Gasteiger partial charge in [0, 0.05) is 37.3 Å². The summed E-state index contributed by atoms with van der Waals surface area (Å²) >= 11 is 1.88. The first-order chi connectivity index (χ1) is 10.8. The third-order valence-electron chi connectivity index (χ3n) is 5.25. The molecule has 0 bridgehead atoms. The standard InChI is InChI=1S/C16H24N4OS/c21-15-10-17-8-13-11-19(6-7-20(13)15)16-18-9-14(22-16)12-4-2-1-3-5-12/h9,12-13,17H,1-8,10-11H2/t13-/m0/s1. The van der Waals surface area contributed by atoms with Crippen LogP contribution in [0.25, 0.3) is 0 Å². The van der Waals surface area contributed by atoms with E-state index in [0.717, 1.165) is 37.2 Å². The molecule has 1 atom stereocenters. The first-order valence-electron chi connectivity index (χ1n) is 8.52. The normalized spacial score (nSPS) is 27.1. The molecule has 3 aliphatic rings. The molecule has 3 heterocycles. The van der Waals surface area contributed by atoms with Gasteiger partial charge in [-0.2, -0.15) is 0 Å². The van der Waals surface area contributed by atoms with E-state index in [1.165, 1.54) is 37.0 Å². The molecule has 0 unspecified atom stereocenters. The number of nitrogens with one attached hydrogen (secondary N) is 1. The average molecular weight is 320 g/mol. The second-order valence-corrected chi connectivity index (χ2v) is 7.74. The molecule has 2 saturated heterocycles. The lowest BCUT2D eigenvalue weighted by molar-refractivity contribution is -0.135. The number of carbonyl (C=O) groups excluding carboxylic acids is 1. The van der Waals surface area contributed by atoms with Crippen LogP contribution in [-0.4, -0.2) is 54.6 Å². The van der Waals surface area contributed by atoms with Gasteiger partial charge in [0.2, 0.25) is 5.91 Å². The lowest BCUT2D eigenvalue weighted by Crippen LogP contribution is -2.63. The highest BCUT2D eigenvalue weighted by atomic mass is 32.1. The third-order valence-corrected chi connectivity index (χ3v) is 6.47. The number of amides is 1. The second-order valence-electron chi connectivity index (χ2n) is 6.70. The van der Waals surface area contributed by atoms with Gasteiger partial charge in [-0.15, -0.1) is 11.3 Å². The zero-order valence-electron chi connectivity index (χ0n) is 13.0. The van der Waals surface area contributed by atoms with Gasteiger partial charge < -0.3 is 15.1 Å². The van der Waals surface area contributed by atoms with Crippen LogP contribution < -0.4 is 10.2 Å². The second kappa shape index (κ2) is 6.16. The van der Waals surface area contributed by atoms with E-state index in [2.05, 4.69) is 16.4 Å². The topological polar surface area (TPSA) is 48.5 Å². The van der Waals surface area contributed by atoms with Crippen LogP contribution in [-0.2, 0) is 4.79 Å². The summed E-state index contributed by atoms with van der Waals surface area (Å²) in [7, 11) is 0. The summed E-state index contributed by atoms with van der Waals surface area (Å²) in [5.74, 6) is 0.983. The summed E-state index contributed by atoms with van der Waals surface area (Å²) in [4.78, 5) is 22.5. The molecule has 1 aromatic heterocycles. The van der Waals surface area contributed by atoms with Crippen molar-refractivity contribution in [3.05, 3.63) is 11.1 Å². The van der Waals surface area contributed by atoms with Gasteiger partial charge in [-0.3, -0.25) is 4.79 Å². The maximum absolute atomic E-state index is 11.9. The highest BCUT2D eigenvalue weighted by Gasteiger charge is 2.34. The maximum atomic E-state index is 11.9. The molecular formula is C16H24N4OS. The van der Waals surface area contributed by atoms with Crippen LogP contribution in [0.3, 0.4) is 0 Å². The smallest absolute Gasteiger partial charge is 0.236 e. The molecule has 0 radical (unpaired) electrons. The van der Waals surface area contributed by atoms with Gasteiger partial charge in [0.1, 0.15) is 0 Å². The van der Waals surface area contributed by atoms with Crippen molar-refractivity contribution in [2.24, 2.45) is 0 Å². The molecule has 4 rings (SSSR count). The van der Waals surface area contributed by atoms with Crippen LogP contribution in [0.15, 0.2) is 6.20 Å². The summed E-state index contributed by atoms with van der Waals surface area (Å²) in [6.07, 6.45) is 8.89. The summed E-state index contributed by atoms with van der Waals surface area (Å²) in [5.41, 5.74) is 0. The molecule has 1 aromatic rings. The van der Waals surface area contributed by atoms with Gasteiger partial charge in [-0.1, -0.05) is 19.3 Å². The summed E-state index contributed by atoms with van der Waals surface area (Å²) in [6, 6.07) is 0.303. The molecule has 120 valence electrons. The van der Waals surface area contributed by atoms with E-state index in [0.29, 0.717) is 12.6 Å². The molecule has 1 amide bonds. The number of carbonyl (C=O) groups is 1. The molecule has 3 fully saturated rings. The van der Waals surface area contributed by atoms with Gasteiger partial charge in [-0.05, 0) is 18.8 Å². The SMILES string of the molecule is O=C1CNC[C@H]2CN(c3ncc(C4CCCCC4)s3)CCN12. The van der Waals surface area contributed by atoms with Crippen LogP contribution in [0.1, 0.15) is 42.9 Å². The van der Waals surface area contributed by atoms with Gasteiger partial charge in [0.25, 0.3) is 0 Å². The first kappa shape index (κ1) is 14.5. The number of thiazole rings is 1. The Kier molecular flexibility index (Phi) is 4.05. The minimum Gasteiger partial charge on any atom is -0.344 e. The van der Waals surface area contributed by atoms with E-state index in [1.54, 1.807) is 0 Å². The Bertz CT molecular complexity index is 540. The predicted octanol–water partition coefficient (Wildman–Crippen LogP) is 1.81. The van der Waals surface area contributed by atoms with Crippen LogP contribution >= 0.6 is 11.3 Å². The molecule has 22 heavy (non-hydrogen) atoms. The molecule has 6 heteroatoms. The molecule has 1 N–H and O–H groups in total. The van der Waals surface area contributed by atoms with Crippen molar-refractivity contribution < 1.29 is 4.79 Å². The lowest BCUT2D eigenvalue weighted by atomic mass is 9.89. The summed E-state index contributed by atoms with van der Waals surface area (Å²) in [5, 5.41) is 4.38. The summed E-state index contributed by atoms with van der Waals surface area (Å²) < 4.78 is 0. The summed E-state index contributed by atoms with van der Waals surface area (Å²) in [6.45, 7) is 4.07. The molecule has 1 aliphatic carbocycles. The molecule has 1 saturated carbocycles. The minimum absolute atomic E-state index is 0.248. The highest BCUT2D eigenvalue weighted by Crippen LogP contribution is 2.37. The fourth-order valence-corrected chi connectivity index (χ4v) is 5.10.